The molecule has 1 saturated heterocycles. The average Bonchev–Trinajstić information content (AvgIpc) is 3.18. The molecule has 0 aliphatic carbocycles. The minimum Gasteiger partial charge on any atom is -0.347 e. The Bertz CT molecular complexity index is 1270. The van der Waals surface area contributed by atoms with Crippen LogP contribution in [0.4, 0.5) is 0 Å². The maximum atomic E-state index is 12.9. The Kier molecular flexibility index (Phi) is 7.52. The molecule has 1 aliphatic rings. The Balaban J connectivity index is 1.41. The molecule has 1 fully saturated rings. The van der Waals surface area contributed by atoms with Crippen LogP contribution in [0.25, 0.3) is 10.6 Å². The average molecular weight is 494 g/mol. The Hall–Kier alpha value is -2.84. The van der Waals surface area contributed by atoms with Crippen molar-refractivity contribution in [3.05, 3.63) is 67.6 Å². The van der Waals surface area contributed by atoms with Crippen molar-refractivity contribution in [2.45, 2.75) is 54.1 Å². The van der Waals surface area contributed by atoms with Gasteiger partial charge in [-0.15, -0.1) is 11.3 Å². The number of piperidine rings is 1. The predicted molar refractivity (Wildman–Crippen MR) is 141 cm³/mol. The summed E-state index contributed by atoms with van der Waals surface area (Å²) in [6, 6.07) is 8.49. The van der Waals surface area contributed by atoms with E-state index < -0.39 is 0 Å². The van der Waals surface area contributed by atoms with Crippen molar-refractivity contribution in [1.82, 2.24) is 25.0 Å². The van der Waals surface area contributed by atoms with Gasteiger partial charge in [-0.25, -0.2) is 9.67 Å². The van der Waals surface area contributed by atoms with Crippen molar-refractivity contribution in [3.63, 3.8) is 0 Å². The van der Waals surface area contributed by atoms with Gasteiger partial charge in [0, 0.05) is 33.2 Å². The molecule has 2 unspecified atom stereocenters. The molecule has 3 aromatic rings. The Morgan fingerprint density at radius 1 is 1.06 bits per heavy atom. The van der Waals surface area contributed by atoms with Gasteiger partial charge in [-0.1, -0.05) is 38.1 Å². The maximum Gasteiger partial charge on any atom is 0.277 e. The zero-order valence-electron chi connectivity index (χ0n) is 21.5. The van der Waals surface area contributed by atoms with Gasteiger partial charge in [0.05, 0.1) is 17.0 Å². The summed E-state index contributed by atoms with van der Waals surface area (Å²) in [5.41, 5.74) is 4.85. The third-order valence-corrected chi connectivity index (χ3v) is 7.94. The first kappa shape index (κ1) is 25.3. The summed E-state index contributed by atoms with van der Waals surface area (Å²) < 4.78 is 1.32. The first-order valence-electron chi connectivity index (χ1n) is 12.2. The molecule has 2 atom stereocenters. The third-order valence-electron chi connectivity index (χ3n) is 6.77. The molecule has 0 bridgehead atoms. The number of thiazole rings is 1. The lowest BCUT2D eigenvalue weighted by molar-refractivity contribution is 0.0954. The van der Waals surface area contributed by atoms with Gasteiger partial charge in [0.1, 0.15) is 9.88 Å². The van der Waals surface area contributed by atoms with Crippen molar-refractivity contribution in [2.75, 3.05) is 13.1 Å². The third kappa shape index (κ3) is 5.70. The van der Waals surface area contributed by atoms with Gasteiger partial charge < -0.3 is 5.32 Å². The fourth-order valence-corrected chi connectivity index (χ4v) is 6.10. The second-order valence-corrected chi connectivity index (χ2v) is 11.1. The number of carbonyl (C=O) groups is 1. The minimum absolute atomic E-state index is 0.174. The van der Waals surface area contributed by atoms with Crippen LogP contribution in [-0.2, 0) is 20.1 Å². The normalized spacial score (nSPS) is 18.6. The molecular formula is C27H35N5O2S. The van der Waals surface area contributed by atoms with Crippen LogP contribution in [0.1, 0.15) is 58.0 Å². The topological polar surface area (TPSA) is 80.1 Å². The van der Waals surface area contributed by atoms with Gasteiger partial charge in [-0.05, 0) is 55.7 Å². The van der Waals surface area contributed by atoms with Crippen LogP contribution in [0.3, 0.4) is 0 Å². The van der Waals surface area contributed by atoms with E-state index >= 15 is 0 Å². The molecule has 1 aromatic carbocycles. The molecule has 0 saturated carbocycles. The quantitative estimate of drug-likeness (QED) is 0.556. The van der Waals surface area contributed by atoms with Crippen molar-refractivity contribution < 1.29 is 4.79 Å². The van der Waals surface area contributed by atoms with Crippen LogP contribution in [0.5, 0.6) is 0 Å². The number of hydrogen-bond acceptors (Lipinski definition) is 6. The molecule has 1 N–H and O–H groups in total. The molecule has 4 rings (SSSR count). The van der Waals surface area contributed by atoms with E-state index in [0.717, 1.165) is 48.3 Å². The summed E-state index contributed by atoms with van der Waals surface area (Å²) in [7, 11) is 1.63. The number of aromatic nitrogens is 3. The van der Waals surface area contributed by atoms with E-state index in [9.17, 15) is 9.59 Å². The van der Waals surface area contributed by atoms with Gasteiger partial charge in [0.15, 0.2) is 0 Å². The van der Waals surface area contributed by atoms with Crippen molar-refractivity contribution in [1.29, 1.82) is 0 Å². The van der Waals surface area contributed by atoms with Crippen LogP contribution in [0.15, 0.2) is 29.1 Å². The molecular weight excluding hydrogens is 458 g/mol. The van der Waals surface area contributed by atoms with Crippen molar-refractivity contribution in [2.24, 2.45) is 18.9 Å². The summed E-state index contributed by atoms with van der Waals surface area (Å²) >= 11 is 1.25. The lowest BCUT2D eigenvalue weighted by Gasteiger charge is -2.35. The highest BCUT2D eigenvalue weighted by Crippen LogP contribution is 2.28. The molecule has 7 nitrogen and oxygen atoms in total. The summed E-state index contributed by atoms with van der Waals surface area (Å²) in [4.78, 5) is 33.2. The van der Waals surface area contributed by atoms with Crippen LogP contribution >= 0.6 is 11.3 Å². The molecule has 35 heavy (non-hydrogen) atoms. The van der Waals surface area contributed by atoms with Gasteiger partial charge in [-0.2, -0.15) is 5.10 Å². The highest BCUT2D eigenvalue weighted by molar-refractivity contribution is 7.17. The SMILES string of the molecule is Cc1nc(-c2c(C)c(C)nn(C)c2=O)sc1C(=O)NCc1ccc(CN2CC(C)CC(C)C2)cc1. The van der Waals surface area contributed by atoms with Crippen molar-refractivity contribution in [3.8, 4) is 10.6 Å². The van der Waals surface area contributed by atoms with E-state index in [0.29, 0.717) is 27.7 Å². The van der Waals surface area contributed by atoms with Gasteiger partial charge in [0.2, 0.25) is 0 Å². The highest BCUT2D eigenvalue weighted by atomic mass is 32.1. The zero-order chi connectivity index (χ0) is 25.3. The van der Waals surface area contributed by atoms with Gasteiger partial charge >= 0.3 is 0 Å². The minimum atomic E-state index is -0.206. The summed E-state index contributed by atoms with van der Waals surface area (Å²) in [6.07, 6.45) is 1.31. The van der Waals surface area contributed by atoms with E-state index in [-0.39, 0.29) is 11.5 Å². The number of rotatable bonds is 6. The Labute approximate surface area is 211 Å². The number of nitrogens with one attached hydrogen (secondary N) is 1. The fraction of sp³-hybridized carbons (Fsp3) is 0.481. The van der Waals surface area contributed by atoms with Crippen LogP contribution in [-0.4, -0.2) is 38.7 Å². The van der Waals surface area contributed by atoms with E-state index in [1.54, 1.807) is 14.0 Å². The molecule has 3 heterocycles. The first-order valence-corrected chi connectivity index (χ1v) is 13.0. The van der Waals surface area contributed by atoms with Gasteiger partial charge in [-0.3, -0.25) is 14.5 Å². The van der Waals surface area contributed by atoms with E-state index in [1.165, 1.54) is 28.0 Å². The molecule has 0 radical (unpaired) electrons. The highest BCUT2D eigenvalue weighted by Gasteiger charge is 2.22. The monoisotopic (exact) mass is 493 g/mol. The standard InChI is InChI=1S/C27H35N5O2S/c1-16-11-17(2)14-32(13-16)15-22-9-7-21(8-10-22)12-28-25(33)24-20(5)29-26(35-24)23-18(3)19(4)30-31(6)27(23)34/h7-10,16-17H,11-15H2,1-6H3,(H,28,33). The number of nitrogens with zero attached hydrogens (tertiary/aromatic N) is 4. The maximum absolute atomic E-state index is 12.9. The lowest BCUT2D eigenvalue weighted by atomic mass is 9.91. The summed E-state index contributed by atoms with van der Waals surface area (Å²) in [6.45, 7) is 13.9. The number of aryl methyl sites for hydroxylation is 3. The number of likely N-dealkylation sites (tertiary alicyclic amines) is 1. The largest absolute Gasteiger partial charge is 0.347 e. The van der Waals surface area contributed by atoms with E-state index in [4.69, 9.17) is 0 Å². The predicted octanol–water partition coefficient (Wildman–Crippen LogP) is 4.24. The number of benzene rings is 1. The lowest BCUT2D eigenvalue weighted by Crippen LogP contribution is -2.38. The van der Waals surface area contributed by atoms with Gasteiger partial charge in [0.25, 0.3) is 11.5 Å². The molecule has 0 spiro atoms. The smallest absolute Gasteiger partial charge is 0.277 e. The fourth-order valence-electron chi connectivity index (χ4n) is 5.02. The number of amides is 1. The number of carbonyl (C=O) groups excluding carboxylic acids is 1. The summed E-state index contributed by atoms with van der Waals surface area (Å²) in [5.74, 6) is 1.32. The molecule has 1 aliphatic heterocycles. The zero-order valence-corrected chi connectivity index (χ0v) is 22.3. The molecule has 186 valence electrons. The first-order chi connectivity index (χ1) is 16.6. The second-order valence-electron chi connectivity index (χ2n) is 10.1. The van der Waals surface area contributed by atoms with Crippen molar-refractivity contribution >= 4 is 17.2 Å². The van der Waals surface area contributed by atoms with Crippen LogP contribution in [0.2, 0.25) is 0 Å². The molecule has 2 aromatic heterocycles. The van der Waals surface area contributed by atoms with E-state index in [2.05, 4.69) is 58.4 Å². The Morgan fingerprint density at radius 2 is 1.69 bits per heavy atom. The summed E-state index contributed by atoms with van der Waals surface area (Å²) in [5, 5.41) is 7.80. The molecule has 8 heteroatoms. The second kappa shape index (κ2) is 10.4. The van der Waals surface area contributed by atoms with Crippen LogP contribution < -0.4 is 10.9 Å². The Morgan fingerprint density at radius 3 is 2.34 bits per heavy atom. The number of hydrogen-bond donors (Lipinski definition) is 1. The molecule has 1 amide bonds. The van der Waals surface area contributed by atoms with E-state index in [1.807, 2.05) is 13.8 Å². The van der Waals surface area contributed by atoms with Crippen LogP contribution in [0, 0.1) is 32.6 Å².